The van der Waals surface area contributed by atoms with Gasteiger partial charge in [-0.2, -0.15) is 4.31 Å². The van der Waals surface area contributed by atoms with Crippen molar-refractivity contribution in [1.82, 2.24) is 4.31 Å². The summed E-state index contributed by atoms with van der Waals surface area (Å²) in [5.74, 6) is 0.0650. The van der Waals surface area contributed by atoms with Crippen molar-refractivity contribution in [2.24, 2.45) is 0 Å². The maximum atomic E-state index is 13.1. The van der Waals surface area contributed by atoms with Crippen LogP contribution in [0.3, 0.4) is 0 Å². The number of hydrogen-bond acceptors (Lipinski definition) is 7. The number of thioether (sulfide) groups is 1. The van der Waals surface area contributed by atoms with Gasteiger partial charge in [0.05, 0.1) is 26.0 Å². The maximum absolute atomic E-state index is 13.1. The molecule has 2 aliphatic rings. The Labute approximate surface area is 173 Å². The fourth-order valence-corrected chi connectivity index (χ4v) is 5.80. The molecular formula is C19H21N3O5S2. The molecule has 1 amide bonds. The minimum Gasteiger partial charge on any atom is -0.495 e. The fourth-order valence-electron chi connectivity index (χ4n) is 3.19. The number of rotatable bonds is 5. The molecule has 0 aliphatic carbocycles. The average molecular weight is 436 g/mol. The van der Waals surface area contributed by atoms with Crippen molar-refractivity contribution in [1.29, 1.82) is 0 Å². The lowest BCUT2D eigenvalue weighted by atomic mass is 10.3. The number of ether oxygens (including phenoxy) is 2. The zero-order valence-corrected chi connectivity index (χ0v) is 17.4. The SMILES string of the molecule is COc1ccc(N[C@H]2Sc3ccccc3NC2=O)cc1S(=O)(=O)N1CCOCC1. The molecule has 2 aromatic rings. The summed E-state index contributed by atoms with van der Waals surface area (Å²) in [6.45, 7) is 1.30. The molecule has 0 bridgehead atoms. The van der Waals surface area contributed by atoms with Gasteiger partial charge in [-0.15, -0.1) is 0 Å². The number of benzene rings is 2. The smallest absolute Gasteiger partial charge is 0.257 e. The van der Waals surface area contributed by atoms with E-state index in [2.05, 4.69) is 10.6 Å². The lowest BCUT2D eigenvalue weighted by molar-refractivity contribution is -0.115. The van der Waals surface area contributed by atoms with E-state index >= 15 is 0 Å². The largest absolute Gasteiger partial charge is 0.495 e. The third kappa shape index (κ3) is 4.06. The summed E-state index contributed by atoms with van der Waals surface area (Å²) in [7, 11) is -2.32. The maximum Gasteiger partial charge on any atom is 0.257 e. The molecule has 0 aromatic heterocycles. The summed E-state index contributed by atoms with van der Waals surface area (Å²) in [5.41, 5.74) is 1.29. The van der Waals surface area contributed by atoms with Crippen LogP contribution >= 0.6 is 11.8 Å². The van der Waals surface area contributed by atoms with Crippen LogP contribution < -0.4 is 15.4 Å². The lowest BCUT2D eigenvalue weighted by Crippen LogP contribution is -2.40. The number of fused-ring (bicyclic) bond motifs is 1. The molecule has 1 fully saturated rings. The molecule has 0 spiro atoms. The Morgan fingerprint density at radius 3 is 2.72 bits per heavy atom. The zero-order valence-electron chi connectivity index (χ0n) is 15.8. The number of sulfonamides is 1. The molecule has 4 rings (SSSR count). The summed E-state index contributed by atoms with van der Waals surface area (Å²) in [6, 6.07) is 12.3. The number of nitrogens with zero attached hydrogens (tertiary/aromatic N) is 1. The van der Waals surface area contributed by atoms with Crippen LogP contribution in [0.25, 0.3) is 0 Å². The fraction of sp³-hybridized carbons (Fsp3) is 0.316. The number of anilines is 2. The molecule has 0 saturated carbocycles. The molecule has 154 valence electrons. The van der Waals surface area contributed by atoms with Crippen LogP contribution in [0.2, 0.25) is 0 Å². The van der Waals surface area contributed by atoms with Crippen molar-refractivity contribution < 1.29 is 22.7 Å². The molecule has 1 atom stereocenters. The second kappa shape index (κ2) is 8.23. The Morgan fingerprint density at radius 1 is 1.21 bits per heavy atom. The molecule has 2 N–H and O–H groups in total. The van der Waals surface area contributed by atoms with Gasteiger partial charge in [-0.25, -0.2) is 8.42 Å². The Bertz CT molecular complexity index is 1020. The van der Waals surface area contributed by atoms with Crippen molar-refractivity contribution in [2.75, 3.05) is 44.0 Å². The van der Waals surface area contributed by atoms with Gasteiger partial charge < -0.3 is 20.1 Å². The van der Waals surface area contributed by atoms with Crippen molar-refractivity contribution >= 4 is 39.1 Å². The number of morpholine rings is 1. The van der Waals surface area contributed by atoms with Gasteiger partial charge in [-0.3, -0.25) is 4.79 Å². The molecular weight excluding hydrogens is 414 g/mol. The van der Waals surface area contributed by atoms with Crippen molar-refractivity contribution in [3.8, 4) is 5.75 Å². The highest BCUT2D eigenvalue weighted by Gasteiger charge is 2.31. The van der Waals surface area contributed by atoms with Crippen molar-refractivity contribution in [3.05, 3.63) is 42.5 Å². The van der Waals surface area contributed by atoms with Crippen LogP contribution in [0.1, 0.15) is 0 Å². The van der Waals surface area contributed by atoms with Gasteiger partial charge in [0.25, 0.3) is 5.91 Å². The molecule has 2 aliphatic heterocycles. The summed E-state index contributed by atoms with van der Waals surface area (Å²) < 4.78 is 38.2. The molecule has 0 radical (unpaired) electrons. The Morgan fingerprint density at radius 2 is 1.97 bits per heavy atom. The van der Waals surface area contributed by atoms with Gasteiger partial charge in [0.15, 0.2) is 5.37 Å². The van der Waals surface area contributed by atoms with E-state index in [-0.39, 0.29) is 16.6 Å². The average Bonchev–Trinajstić information content (AvgIpc) is 2.75. The third-order valence-corrected chi connectivity index (χ3v) is 7.77. The van der Waals surface area contributed by atoms with E-state index in [0.717, 1.165) is 10.6 Å². The zero-order chi connectivity index (χ0) is 20.4. The van der Waals surface area contributed by atoms with E-state index in [9.17, 15) is 13.2 Å². The van der Waals surface area contributed by atoms with Crippen LogP contribution in [0, 0.1) is 0 Å². The van der Waals surface area contributed by atoms with E-state index in [1.807, 2.05) is 24.3 Å². The second-order valence-electron chi connectivity index (χ2n) is 6.51. The van der Waals surface area contributed by atoms with Gasteiger partial charge >= 0.3 is 0 Å². The second-order valence-corrected chi connectivity index (χ2v) is 9.56. The van der Waals surface area contributed by atoms with Crippen molar-refractivity contribution in [2.45, 2.75) is 15.2 Å². The predicted octanol–water partition coefficient (Wildman–Crippen LogP) is 2.20. The number of methoxy groups -OCH3 is 1. The molecule has 10 heteroatoms. The van der Waals surface area contributed by atoms with Gasteiger partial charge in [-0.05, 0) is 30.3 Å². The van der Waals surface area contributed by atoms with E-state index in [0.29, 0.717) is 32.0 Å². The van der Waals surface area contributed by atoms with E-state index in [1.165, 1.54) is 29.2 Å². The van der Waals surface area contributed by atoms with Gasteiger partial charge in [0.1, 0.15) is 10.6 Å². The highest BCUT2D eigenvalue weighted by Crippen LogP contribution is 2.37. The first-order chi connectivity index (χ1) is 14.0. The Kier molecular flexibility index (Phi) is 5.68. The minimum absolute atomic E-state index is 0.0634. The highest BCUT2D eigenvalue weighted by molar-refractivity contribution is 8.01. The molecule has 2 aromatic carbocycles. The van der Waals surface area contributed by atoms with Crippen LogP contribution in [0.4, 0.5) is 11.4 Å². The number of hydrogen-bond donors (Lipinski definition) is 2. The number of carbonyl (C=O) groups excluding carboxylic acids is 1. The van der Waals surface area contributed by atoms with E-state index in [4.69, 9.17) is 9.47 Å². The number of carbonyl (C=O) groups is 1. The van der Waals surface area contributed by atoms with E-state index < -0.39 is 15.4 Å². The van der Waals surface area contributed by atoms with Crippen LogP contribution in [0.15, 0.2) is 52.3 Å². The topological polar surface area (TPSA) is 97.0 Å². The summed E-state index contributed by atoms with van der Waals surface area (Å²) in [5, 5.41) is 5.40. The van der Waals surface area contributed by atoms with Crippen molar-refractivity contribution in [3.63, 3.8) is 0 Å². The first-order valence-electron chi connectivity index (χ1n) is 9.08. The standard InChI is InChI=1S/C19H21N3O5S2/c1-26-15-7-6-13(12-17(15)29(24,25)22-8-10-27-11-9-22)20-19-18(23)21-14-4-2-3-5-16(14)28-19/h2-7,12,19-20H,8-11H2,1H3,(H,21,23)/t19-/m0/s1. The Balaban J connectivity index is 1.61. The normalized spacial score (nSPS) is 19.9. The first-order valence-corrected chi connectivity index (χ1v) is 11.4. The van der Waals surface area contributed by atoms with Crippen LogP contribution in [0.5, 0.6) is 5.75 Å². The number of para-hydroxylation sites is 1. The highest BCUT2D eigenvalue weighted by atomic mass is 32.2. The summed E-state index contributed by atoms with van der Waals surface area (Å²) in [4.78, 5) is 13.5. The number of amides is 1. The first kappa shape index (κ1) is 20.0. The van der Waals surface area contributed by atoms with Gasteiger partial charge in [0.2, 0.25) is 10.0 Å². The summed E-state index contributed by atoms with van der Waals surface area (Å²) in [6.07, 6.45) is 0. The predicted molar refractivity (Wildman–Crippen MR) is 111 cm³/mol. The summed E-state index contributed by atoms with van der Waals surface area (Å²) >= 11 is 1.38. The molecule has 0 unspecified atom stereocenters. The molecule has 1 saturated heterocycles. The monoisotopic (exact) mass is 435 g/mol. The van der Waals surface area contributed by atoms with Gasteiger partial charge in [-0.1, -0.05) is 23.9 Å². The quantitative estimate of drug-likeness (QED) is 0.743. The minimum atomic E-state index is -3.75. The Hall–Kier alpha value is -2.27. The number of nitrogens with one attached hydrogen (secondary N) is 2. The van der Waals surface area contributed by atoms with Crippen LogP contribution in [-0.2, 0) is 19.6 Å². The van der Waals surface area contributed by atoms with Crippen LogP contribution in [-0.4, -0.2) is 57.4 Å². The molecule has 2 heterocycles. The third-order valence-electron chi connectivity index (χ3n) is 4.68. The lowest BCUT2D eigenvalue weighted by Gasteiger charge is -2.28. The molecule has 29 heavy (non-hydrogen) atoms. The van der Waals surface area contributed by atoms with E-state index in [1.54, 1.807) is 12.1 Å². The molecule has 8 nitrogen and oxygen atoms in total. The van der Waals surface area contributed by atoms with Gasteiger partial charge in [0, 0.05) is 23.7 Å².